The Morgan fingerprint density at radius 3 is 2.68 bits per heavy atom. The van der Waals surface area contributed by atoms with E-state index in [2.05, 4.69) is 0 Å². The lowest BCUT2D eigenvalue weighted by atomic mass is 10.1. The standard InChI is InChI=1S/C21H19ClN2O4/c22-16-5-3-4-15(12-16)13-19-21(26)24(17-6-1-2-7-18(17)28-19)14-20(25)23-8-10-27-11-9-23/h1-7,12-13H,8-11,14H2. The summed E-state index contributed by atoms with van der Waals surface area (Å²) in [6.45, 7) is 2.04. The predicted octanol–water partition coefficient (Wildman–Crippen LogP) is 2.97. The molecule has 0 aromatic heterocycles. The third kappa shape index (κ3) is 3.88. The quantitative estimate of drug-likeness (QED) is 0.746. The zero-order valence-electron chi connectivity index (χ0n) is 15.1. The number of rotatable bonds is 3. The molecular weight excluding hydrogens is 380 g/mol. The van der Waals surface area contributed by atoms with Gasteiger partial charge in [0.2, 0.25) is 5.91 Å². The minimum Gasteiger partial charge on any atom is -0.449 e. The summed E-state index contributed by atoms with van der Waals surface area (Å²) in [4.78, 5) is 29.0. The van der Waals surface area contributed by atoms with Crippen LogP contribution in [0.1, 0.15) is 5.56 Å². The molecule has 0 atom stereocenters. The zero-order valence-corrected chi connectivity index (χ0v) is 15.9. The lowest BCUT2D eigenvalue weighted by molar-refractivity contribution is -0.135. The Bertz CT molecular complexity index is 938. The maximum absolute atomic E-state index is 13.1. The SMILES string of the molecule is O=C(CN1C(=O)C(=Cc2cccc(Cl)c2)Oc2ccccc21)N1CCOCC1. The van der Waals surface area contributed by atoms with Crippen LogP contribution in [0.4, 0.5) is 5.69 Å². The Labute approximate surface area is 167 Å². The molecular formula is C21H19ClN2O4. The van der Waals surface area contributed by atoms with E-state index in [9.17, 15) is 9.59 Å². The highest BCUT2D eigenvalue weighted by atomic mass is 35.5. The van der Waals surface area contributed by atoms with Crippen molar-refractivity contribution in [1.82, 2.24) is 4.90 Å². The number of hydrogen-bond donors (Lipinski definition) is 0. The van der Waals surface area contributed by atoms with E-state index in [4.69, 9.17) is 21.1 Å². The number of morpholine rings is 1. The number of halogens is 1. The molecule has 0 spiro atoms. The minimum atomic E-state index is -0.361. The van der Waals surface area contributed by atoms with Crippen molar-refractivity contribution in [2.24, 2.45) is 0 Å². The van der Waals surface area contributed by atoms with Gasteiger partial charge < -0.3 is 14.4 Å². The number of amides is 2. The van der Waals surface area contributed by atoms with Crippen molar-refractivity contribution in [1.29, 1.82) is 0 Å². The van der Waals surface area contributed by atoms with Crippen LogP contribution in [0.15, 0.2) is 54.3 Å². The molecule has 144 valence electrons. The van der Waals surface area contributed by atoms with E-state index in [1.807, 2.05) is 18.2 Å². The molecule has 2 aromatic rings. The largest absolute Gasteiger partial charge is 0.449 e. The summed E-state index contributed by atoms with van der Waals surface area (Å²) < 4.78 is 11.1. The first kappa shape index (κ1) is 18.5. The molecule has 7 heteroatoms. The second-order valence-corrected chi connectivity index (χ2v) is 6.95. The molecule has 2 aromatic carbocycles. The van der Waals surface area contributed by atoms with Gasteiger partial charge in [-0.3, -0.25) is 14.5 Å². The molecule has 0 N–H and O–H groups in total. The van der Waals surface area contributed by atoms with Crippen LogP contribution in [0.3, 0.4) is 0 Å². The lowest BCUT2D eigenvalue weighted by Crippen LogP contribution is -2.48. The van der Waals surface area contributed by atoms with E-state index < -0.39 is 0 Å². The molecule has 6 nitrogen and oxygen atoms in total. The highest BCUT2D eigenvalue weighted by Crippen LogP contribution is 2.35. The van der Waals surface area contributed by atoms with E-state index in [0.717, 1.165) is 5.56 Å². The van der Waals surface area contributed by atoms with Gasteiger partial charge in [-0.2, -0.15) is 0 Å². The molecule has 0 aliphatic carbocycles. The summed E-state index contributed by atoms with van der Waals surface area (Å²) in [5.41, 5.74) is 1.33. The van der Waals surface area contributed by atoms with Gasteiger partial charge in [-0.05, 0) is 35.9 Å². The fraction of sp³-hybridized carbons (Fsp3) is 0.238. The summed E-state index contributed by atoms with van der Waals surface area (Å²) in [5.74, 6) is 0.205. The summed E-state index contributed by atoms with van der Waals surface area (Å²) in [6, 6.07) is 14.3. The maximum Gasteiger partial charge on any atom is 0.294 e. The second-order valence-electron chi connectivity index (χ2n) is 6.52. The van der Waals surface area contributed by atoms with Crippen LogP contribution < -0.4 is 9.64 Å². The monoisotopic (exact) mass is 398 g/mol. The smallest absolute Gasteiger partial charge is 0.294 e. The van der Waals surface area contributed by atoms with Gasteiger partial charge in [0, 0.05) is 18.1 Å². The highest BCUT2D eigenvalue weighted by molar-refractivity contribution is 6.30. The maximum atomic E-state index is 13.1. The van der Waals surface area contributed by atoms with Crippen molar-refractivity contribution >= 4 is 35.2 Å². The predicted molar refractivity (Wildman–Crippen MR) is 106 cm³/mol. The number of ether oxygens (including phenoxy) is 2. The Morgan fingerprint density at radius 1 is 1.11 bits per heavy atom. The fourth-order valence-electron chi connectivity index (χ4n) is 3.21. The molecule has 2 heterocycles. The molecule has 4 rings (SSSR count). The molecule has 2 aliphatic heterocycles. The average Bonchev–Trinajstić information content (AvgIpc) is 2.71. The molecule has 0 radical (unpaired) electrons. The van der Waals surface area contributed by atoms with Gasteiger partial charge in [-0.1, -0.05) is 35.9 Å². The summed E-state index contributed by atoms with van der Waals surface area (Å²) in [6.07, 6.45) is 1.64. The van der Waals surface area contributed by atoms with Crippen LogP contribution in [0.5, 0.6) is 5.75 Å². The van der Waals surface area contributed by atoms with E-state index in [-0.39, 0.29) is 24.1 Å². The first-order chi connectivity index (χ1) is 13.6. The van der Waals surface area contributed by atoms with Crippen molar-refractivity contribution in [3.8, 4) is 5.75 Å². The number of nitrogens with zero attached hydrogens (tertiary/aromatic N) is 2. The van der Waals surface area contributed by atoms with Gasteiger partial charge >= 0.3 is 0 Å². The van der Waals surface area contributed by atoms with Crippen LogP contribution in [0.2, 0.25) is 5.02 Å². The van der Waals surface area contributed by atoms with E-state index in [0.29, 0.717) is 42.8 Å². The summed E-state index contributed by atoms with van der Waals surface area (Å²) in [7, 11) is 0. The van der Waals surface area contributed by atoms with Crippen molar-refractivity contribution in [2.75, 3.05) is 37.7 Å². The van der Waals surface area contributed by atoms with Crippen LogP contribution in [0, 0.1) is 0 Å². The van der Waals surface area contributed by atoms with Crippen LogP contribution in [0.25, 0.3) is 6.08 Å². The average molecular weight is 399 g/mol. The van der Waals surface area contributed by atoms with E-state index in [1.54, 1.807) is 41.3 Å². The van der Waals surface area contributed by atoms with Gasteiger partial charge in [0.1, 0.15) is 6.54 Å². The molecule has 0 unspecified atom stereocenters. The van der Waals surface area contributed by atoms with Gasteiger partial charge in [-0.25, -0.2) is 0 Å². The van der Waals surface area contributed by atoms with Crippen LogP contribution in [-0.2, 0) is 14.3 Å². The number of anilines is 1. The molecule has 1 saturated heterocycles. The second kappa shape index (κ2) is 8.04. The zero-order chi connectivity index (χ0) is 19.5. The lowest BCUT2D eigenvalue weighted by Gasteiger charge is -2.33. The van der Waals surface area contributed by atoms with E-state index in [1.165, 1.54) is 4.90 Å². The Balaban J connectivity index is 1.64. The van der Waals surface area contributed by atoms with Crippen LogP contribution in [-0.4, -0.2) is 49.6 Å². The van der Waals surface area contributed by atoms with Gasteiger partial charge in [0.05, 0.1) is 18.9 Å². The number of carbonyl (C=O) groups excluding carboxylic acids is 2. The summed E-state index contributed by atoms with van der Waals surface area (Å²) >= 11 is 6.04. The van der Waals surface area contributed by atoms with Crippen molar-refractivity contribution in [3.05, 3.63) is 64.9 Å². The highest BCUT2D eigenvalue weighted by Gasteiger charge is 2.32. The Morgan fingerprint density at radius 2 is 1.89 bits per heavy atom. The first-order valence-electron chi connectivity index (χ1n) is 9.03. The number of benzene rings is 2. The van der Waals surface area contributed by atoms with E-state index >= 15 is 0 Å². The molecule has 0 saturated carbocycles. The molecule has 1 fully saturated rings. The molecule has 2 aliphatic rings. The summed E-state index contributed by atoms with van der Waals surface area (Å²) in [5, 5.41) is 0.567. The van der Waals surface area contributed by atoms with Gasteiger partial charge in [0.25, 0.3) is 5.91 Å². The van der Waals surface area contributed by atoms with Gasteiger partial charge in [0.15, 0.2) is 11.5 Å². The fourth-order valence-corrected chi connectivity index (χ4v) is 3.41. The number of carbonyl (C=O) groups is 2. The Hall–Kier alpha value is -2.83. The third-order valence-corrected chi connectivity index (χ3v) is 4.87. The molecule has 2 amide bonds. The molecule has 28 heavy (non-hydrogen) atoms. The van der Waals surface area contributed by atoms with Gasteiger partial charge in [-0.15, -0.1) is 0 Å². The number of fused-ring (bicyclic) bond motifs is 1. The molecule has 0 bridgehead atoms. The Kier molecular flexibility index (Phi) is 5.32. The van der Waals surface area contributed by atoms with Crippen LogP contribution >= 0.6 is 11.6 Å². The topological polar surface area (TPSA) is 59.1 Å². The van der Waals surface area contributed by atoms with Crippen molar-refractivity contribution in [3.63, 3.8) is 0 Å². The number of hydrogen-bond acceptors (Lipinski definition) is 4. The first-order valence-corrected chi connectivity index (χ1v) is 9.41. The minimum absolute atomic E-state index is 0.0495. The van der Waals surface area contributed by atoms with Crippen molar-refractivity contribution in [2.45, 2.75) is 0 Å². The van der Waals surface area contributed by atoms with Crippen molar-refractivity contribution < 1.29 is 19.1 Å². The number of para-hydroxylation sites is 2. The normalized spacial score (nSPS) is 18.0. The third-order valence-electron chi connectivity index (χ3n) is 4.64.